The summed E-state index contributed by atoms with van der Waals surface area (Å²) >= 11 is 6.26. The monoisotopic (exact) mass is 427 g/mol. The van der Waals surface area contributed by atoms with E-state index in [9.17, 15) is 4.79 Å². The normalized spacial score (nSPS) is 12.8. The quantitative estimate of drug-likeness (QED) is 0.556. The maximum Gasteiger partial charge on any atom is 0.225 e. The number of nitrogens with zero attached hydrogens (tertiary/aromatic N) is 2. The number of fused-ring (bicyclic) bond motifs is 1. The second-order valence-corrected chi connectivity index (χ2v) is 9.15. The Balaban J connectivity index is 1.82. The van der Waals surface area contributed by atoms with Crippen LogP contribution in [0.2, 0.25) is 5.02 Å². The van der Waals surface area contributed by atoms with Crippen molar-refractivity contribution < 1.29 is 9.53 Å². The Bertz CT molecular complexity index is 1040. The van der Waals surface area contributed by atoms with Crippen LogP contribution in [-0.4, -0.2) is 22.1 Å². The van der Waals surface area contributed by atoms with Gasteiger partial charge in [0, 0.05) is 10.4 Å². The van der Waals surface area contributed by atoms with Crippen molar-refractivity contribution in [1.29, 1.82) is 0 Å². The Labute approximate surface area is 183 Å². The van der Waals surface area contributed by atoms with Gasteiger partial charge < -0.3 is 14.6 Å². The molecule has 30 heavy (non-hydrogen) atoms. The Morgan fingerprint density at radius 1 is 1.20 bits per heavy atom. The van der Waals surface area contributed by atoms with Crippen LogP contribution in [-0.2, 0) is 11.3 Å². The molecule has 6 heteroatoms. The zero-order chi connectivity index (χ0) is 22.1. The molecule has 0 aliphatic heterocycles. The predicted molar refractivity (Wildman–Crippen MR) is 122 cm³/mol. The number of imidazole rings is 1. The summed E-state index contributed by atoms with van der Waals surface area (Å²) in [5, 5.41) is 3.86. The molecular formula is C24H30ClN3O2. The number of carbonyl (C=O) groups is 1. The van der Waals surface area contributed by atoms with Crippen molar-refractivity contribution in [2.45, 2.75) is 54.1 Å². The summed E-state index contributed by atoms with van der Waals surface area (Å²) in [5.41, 5.74) is 3.47. The molecule has 1 atom stereocenters. The third kappa shape index (κ3) is 4.78. The lowest BCUT2D eigenvalue weighted by atomic mass is 9.95. The average Bonchev–Trinajstić information content (AvgIpc) is 3.04. The van der Waals surface area contributed by atoms with Gasteiger partial charge in [-0.05, 0) is 56.2 Å². The summed E-state index contributed by atoms with van der Waals surface area (Å²) in [7, 11) is 0. The maximum absolute atomic E-state index is 12.5. The largest absolute Gasteiger partial charge is 0.492 e. The highest BCUT2D eigenvalue weighted by molar-refractivity contribution is 6.32. The van der Waals surface area contributed by atoms with E-state index >= 15 is 0 Å². The Morgan fingerprint density at radius 2 is 1.83 bits per heavy atom. The molecule has 160 valence electrons. The molecule has 0 radical (unpaired) electrons. The SMILES string of the molecule is Cc1cc(OCCn2c(C(C)NC(=O)C(C)(C)C)nc3ccccc32)cc(C)c1Cl. The zero-order valence-electron chi connectivity index (χ0n) is 18.5. The van der Waals surface area contributed by atoms with Gasteiger partial charge in [0.2, 0.25) is 5.91 Å². The molecule has 5 nitrogen and oxygen atoms in total. The van der Waals surface area contributed by atoms with Crippen LogP contribution in [0.25, 0.3) is 11.0 Å². The summed E-state index contributed by atoms with van der Waals surface area (Å²) < 4.78 is 8.14. The molecule has 1 heterocycles. The second-order valence-electron chi connectivity index (χ2n) is 8.78. The lowest BCUT2D eigenvalue weighted by Gasteiger charge is -2.22. The minimum atomic E-state index is -0.460. The number of halogens is 1. The Morgan fingerprint density at radius 3 is 2.47 bits per heavy atom. The molecule has 3 rings (SSSR count). The highest BCUT2D eigenvalue weighted by Crippen LogP contribution is 2.26. The molecule has 0 aliphatic carbocycles. The van der Waals surface area contributed by atoms with Gasteiger partial charge in [-0.1, -0.05) is 44.5 Å². The van der Waals surface area contributed by atoms with Gasteiger partial charge in [-0.3, -0.25) is 4.79 Å². The van der Waals surface area contributed by atoms with E-state index in [4.69, 9.17) is 21.3 Å². The summed E-state index contributed by atoms with van der Waals surface area (Å²) in [4.78, 5) is 17.3. The van der Waals surface area contributed by atoms with E-state index in [2.05, 4.69) is 9.88 Å². The number of ether oxygens (including phenoxy) is 1. The third-order valence-corrected chi connectivity index (χ3v) is 5.69. The summed E-state index contributed by atoms with van der Waals surface area (Å²) in [6.45, 7) is 12.7. The van der Waals surface area contributed by atoms with Crippen LogP contribution in [0.4, 0.5) is 0 Å². The van der Waals surface area contributed by atoms with Gasteiger partial charge in [0.15, 0.2) is 0 Å². The first-order valence-electron chi connectivity index (χ1n) is 10.2. The molecule has 3 aromatic rings. The predicted octanol–water partition coefficient (Wildman–Crippen LogP) is 5.61. The Kier molecular flexibility index (Phi) is 6.41. The number of aryl methyl sites for hydroxylation is 2. The zero-order valence-corrected chi connectivity index (χ0v) is 19.3. The number of hydrogen-bond acceptors (Lipinski definition) is 3. The summed E-state index contributed by atoms with van der Waals surface area (Å²) in [5.74, 6) is 1.62. The van der Waals surface area contributed by atoms with Crippen LogP contribution in [0.15, 0.2) is 36.4 Å². The van der Waals surface area contributed by atoms with Gasteiger partial charge in [0.05, 0.1) is 23.6 Å². The van der Waals surface area contributed by atoms with Crippen LogP contribution in [0.5, 0.6) is 5.75 Å². The number of carbonyl (C=O) groups excluding carboxylic acids is 1. The fraction of sp³-hybridized carbons (Fsp3) is 0.417. The van der Waals surface area contributed by atoms with Crippen molar-refractivity contribution in [2.75, 3.05) is 6.61 Å². The fourth-order valence-electron chi connectivity index (χ4n) is 3.38. The number of amides is 1. The molecule has 2 aromatic carbocycles. The van der Waals surface area contributed by atoms with Gasteiger partial charge >= 0.3 is 0 Å². The number of para-hydroxylation sites is 2. The van der Waals surface area contributed by atoms with Crippen molar-refractivity contribution in [3.8, 4) is 5.75 Å². The average molecular weight is 428 g/mol. The first-order chi connectivity index (χ1) is 14.1. The van der Waals surface area contributed by atoms with Crippen LogP contribution >= 0.6 is 11.6 Å². The topological polar surface area (TPSA) is 56.1 Å². The first-order valence-corrected chi connectivity index (χ1v) is 10.6. The summed E-state index contributed by atoms with van der Waals surface area (Å²) in [6.07, 6.45) is 0. The van der Waals surface area contributed by atoms with E-state index in [1.165, 1.54) is 0 Å². The summed E-state index contributed by atoms with van der Waals surface area (Å²) in [6, 6.07) is 11.7. The van der Waals surface area contributed by atoms with Crippen LogP contribution in [0.1, 0.15) is 50.7 Å². The van der Waals surface area contributed by atoms with Crippen LogP contribution in [0, 0.1) is 19.3 Å². The number of hydrogen-bond donors (Lipinski definition) is 1. The minimum absolute atomic E-state index is 0.00280. The first kappa shape index (κ1) is 22.2. The van der Waals surface area contributed by atoms with Crippen molar-refractivity contribution in [2.24, 2.45) is 5.41 Å². The molecule has 1 unspecified atom stereocenters. The van der Waals surface area contributed by atoms with E-state index in [1.807, 2.05) is 77.9 Å². The van der Waals surface area contributed by atoms with E-state index in [0.717, 1.165) is 38.8 Å². The van der Waals surface area contributed by atoms with E-state index in [0.29, 0.717) is 13.2 Å². The van der Waals surface area contributed by atoms with E-state index in [-0.39, 0.29) is 11.9 Å². The molecule has 1 N–H and O–H groups in total. The van der Waals surface area contributed by atoms with E-state index < -0.39 is 5.41 Å². The molecule has 0 aliphatic rings. The molecule has 0 fully saturated rings. The molecular weight excluding hydrogens is 398 g/mol. The fourth-order valence-corrected chi connectivity index (χ4v) is 3.49. The van der Waals surface area contributed by atoms with Crippen molar-refractivity contribution in [3.63, 3.8) is 0 Å². The molecule has 0 saturated heterocycles. The third-order valence-electron chi connectivity index (χ3n) is 5.09. The number of aromatic nitrogens is 2. The van der Waals surface area contributed by atoms with Gasteiger partial charge in [0.25, 0.3) is 0 Å². The lowest BCUT2D eigenvalue weighted by molar-refractivity contribution is -0.129. The number of nitrogens with one attached hydrogen (secondary N) is 1. The smallest absolute Gasteiger partial charge is 0.225 e. The lowest BCUT2D eigenvalue weighted by Crippen LogP contribution is -2.37. The van der Waals surface area contributed by atoms with E-state index in [1.54, 1.807) is 0 Å². The molecule has 0 spiro atoms. The van der Waals surface area contributed by atoms with Crippen LogP contribution in [0.3, 0.4) is 0 Å². The van der Waals surface area contributed by atoms with Crippen molar-refractivity contribution in [3.05, 3.63) is 58.4 Å². The van der Waals surface area contributed by atoms with Gasteiger partial charge in [-0.15, -0.1) is 0 Å². The molecule has 1 aromatic heterocycles. The number of rotatable bonds is 6. The van der Waals surface area contributed by atoms with Gasteiger partial charge in [-0.25, -0.2) is 4.98 Å². The van der Waals surface area contributed by atoms with Gasteiger partial charge in [-0.2, -0.15) is 0 Å². The number of benzene rings is 2. The second kappa shape index (κ2) is 8.68. The molecule has 1 amide bonds. The Hall–Kier alpha value is -2.53. The minimum Gasteiger partial charge on any atom is -0.492 e. The highest BCUT2D eigenvalue weighted by Gasteiger charge is 2.25. The van der Waals surface area contributed by atoms with Crippen molar-refractivity contribution >= 4 is 28.5 Å². The molecule has 0 bridgehead atoms. The highest BCUT2D eigenvalue weighted by atomic mass is 35.5. The standard InChI is InChI=1S/C24H30ClN3O2/c1-15-13-18(14-16(2)21(15)25)30-12-11-28-20-10-8-7-9-19(20)27-22(28)17(3)26-23(29)24(4,5)6/h7-10,13-14,17H,11-12H2,1-6H3,(H,26,29). The maximum atomic E-state index is 12.5. The molecule has 0 saturated carbocycles. The van der Waals surface area contributed by atoms with Gasteiger partial charge in [0.1, 0.15) is 18.2 Å². The van der Waals surface area contributed by atoms with Crippen molar-refractivity contribution in [1.82, 2.24) is 14.9 Å². The van der Waals surface area contributed by atoms with Crippen LogP contribution < -0.4 is 10.1 Å².